The van der Waals surface area contributed by atoms with Crippen LogP contribution in [0.5, 0.6) is 0 Å². The number of aliphatic hydroxyl groups excluding tert-OH is 14. The Hall–Kier alpha value is -1.45. The first-order valence-corrected chi connectivity index (χ1v) is 18.3. The van der Waals surface area contributed by atoms with Gasteiger partial charge in [0.05, 0.1) is 32.0 Å². The van der Waals surface area contributed by atoms with E-state index >= 15 is 0 Å². The summed E-state index contributed by atoms with van der Waals surface area (Å²) in [4.78, 5) is 12.1. The van der Waals surface area contributed by atoms with E-state index in [9.17, 15) is 76.3 Å². The molecule has 0 radical (unpaired) electrons. The average Bonchev–Trinajstić information content (AvgIpc) is 3.17. The predicted octanol–water partition coefficient (Wildman–Crippen LogP) is -9.73. The minimum atomic E-state index is -2.12. The van der Waals surface area contributed by atoms with Gasteiger partial charge in [-0.25, -0.2) is 0 Å². The van der Waals surface area contributed by atoms with Gasteiger partial charge < -0.3 is 119 Å². The molecule has 5 rings (SSSR count). The second-order valence-corrected chi connectivity index (χ2v) is 14.7. The van der Waals surface area contributed by atoms with E-state index in [1.165, 1.54) is 13.8 Å². The summed E-state index contributed by atoms with van der Waals surface area (Å²) in [6.07, 6.45) is -41.3. The fourth-order valence-corrected chi connectivity index (χ4v) is 7.11. The lowest BCUT2D eigenvalue weighted by atomic mass is 9.95. The summed E-state index contributed by atoms with van der Waals surface area (Å²) in [6, 6.07) is -1.57. The van der Waals surface area contributed by atoms with Gasteiger partial charge in [0.25, 0.3) is 0 Å². The molecule has 5 aliphatic rings. The van der Waals surface area contributed by atoms with E-state index in [1.807, 2.05) is 0 Å². The van der Waals surface area contributed by atoms with Gasteiger partial charge in [-0.3, -0.25) is 4.79 Å². The molecule has 0 saturated carbocycles. The number of hydrogen-bond donors (Lipinski definition) is 15. The van der Waals surface area contributed by atoms with Crippen LogP contribution in [-0.2, 0) is 47.4 Å². The summed E-state index contributed by atoms with van der Waals surface area (Å²) in [7, 11) is 0. The molecule has 57 heavy (non-hydrogen) atoms. The molecule has 0 spiro atoms. The monoisotopic (exact) mass is 837 g/mol. The van der Waals surface area contributed by atoms with Crippen LogP contribution in [0.4, 0.5) is 0 Å². The first-order valence-electron chi connectivity index (χ1n) is 18.3. The Balaban J connectivity index is 1.41. The summed E-state index contributed by atoms with van der Waals surface area (Å²) in [5.74, 6) is -0.731. The van der Waals surface area contributed by atoms with Crippen molar-refractivity contribution in [3.63, 3.8) is 0 Å². The highest BCUT2D eigenvalue weighted by Gasteiger charge is 2.55. The first kappa shape index (κ1) is 46.6. The predicted molar refractivity (Wildman–Crippen MR) is 175 cm³/mol. The molecule has 0 bridgehead atoms. The van der Waals surface area contributed by atoms with Crippen LogP contribution in [-0.4, -0.2) is 251 Å². The second-order valence-electron chi connectivity index (χ2n) is 14.7. The third-order valence-corrected chi connectivity index (χ3v) is 10.6. The minimum absolute atomic E-state index is 0.707. The molecule has 5 fully saturated rings. The summed E-state index contributed by atoms with van der Waals surface area (Å²) >= 11 is 0. The Bertz CT molecular complexity index is 1290. The maximum atomic E-state index is 12.1. The number of carbonyl (C=O) groups is 1. The molecule has 1 unspecified atom stereocenters. The molecule has 0 aliphatic carbocycles. The van der Waals surface area contributed by atoms with E-state index in [1.54, 1.807) is 0 Å². The molecule has 1 amide bonds. The largest absolute Gasteiger partial charge is 0.394 e. The average molecular weight is 838 g/mol. The van der Waals surface area contributed by atoms with Crippen molar-refractivity contribution in [3.05, 3.63) is 0 Å². The van der Waals surface area contributed by atoms with E-state index in [0.717, 1.165) is 6.92 Å². The molecule has 332 valence electrons. The molecule has 5 heterocycles. The standard InChI is InChI=1S/C32H55NO24/c1-7-14(36)19(41)23(45)30(51-7)49-5-11-17(39)27(57-29-13(33-9(3)35)18(40)16(38)10(4-34)54-29)25(47)32(55-11)56-26-12(53-28(48)22(44)21(26)43)6-50-31-24(46)20(42)15(37)8(2)52-31/h7-8,10-32,34,36-48H,4-6H2,1-3H3,(H,33,35)/t7-,8-,10+,11+,12+,13+,14+,15+,16-,17-,18+,19+,20+,21+,22+,23-,24-,25+,26+,27-,28?,29+,30+,31+,32-/m0/s1. The van der Waals surface area contributed by atoms with Gasteiger partial charge >= 0.3 is 0 Å². The van der Waals surface area contributed by atoms with Crippen LogP contribution in [0.15, 0.2) is 0 Å². The van der Waals surface area contributed by atoms with Crippen LogP contribution < -0.4 is 5.32 Å². The van der Waals surface area contributed by atoms with Crippen LogP contribution in [0.1, 0.15) is 20.8 Å². The van der Waals surface area contributed by atoms with Crippen molar-refractivity contribution in [2.75, 3.05) is 19.8 Å². The lowest BCUT2D eigenvalue weighted by molar-refractivity contribution is -0.380. The molecule has 25 nitrogen and oxygen atoms in total. The van der Waals surface area contributed by atoms with Gasteiger partial charge in [-0.1, -0.05) is 0 Å². The number of amides is 1. The Kier molecular flexibility index (Phi) is 16.0. The van der Waals surface area contributed by atoms with E-state index < -0.39 is 179 Å². The van der Waals surface area contributed by atoms with Crippen molar-refractivity contribution in [3.8, 4) is 0 Å². The van der Waals surface area contributed by atoms with Gasteiger partial charge in [-0.15, -0.1) is 0 Å². The van der Waals surface area contributed by atoms with Crippen molar-refractivity contribution >= 4 is 5.91 Å². The zero-order valence-corrected chi connectivity index (χ0v) is 30.9. The Morgan fingerprint density at radius 3 is 1.53 bits per heavy atom. The number of hydrogen-bond acceptors (Lipinski definition) is 24. The SMILES string of the molecule is CC(=O)N[C@H]1[C@@H](O[C@H]2[C@@H](O)[C@@H](CO[C@@H]3O[C@@H](C)[C@@H](O)[C@@H](O)[C@@H]3O)O[C@@H](O[C@H]3[C@H](O)[C@@H](O)C(O)O[C@@H]3CO[C@@H]3O[C@@H](C)[C@@H](O)[C@@H](O)[C@@H]3O)[C@@H]2O)O[C@H](CO)[C@H](O)[C@@H]1O. The van der Waals surface area contributed by atoms with Gasteiger partial charge in [-0.05, 0) is 13.8 Å². The quantitative estimate of drug-likeness (QED) is 0.0867. The van der Waals surface area contributed by atoms with E-state index in [-0.39, 0.29) is 0 Å². The number of carbonyl (C=O) groups excluding carboxylic acids is 1. The maximum Gasteiger partial charge on any atom is 0.217 e. The van der Waals surface area contributed by atoms with Crippen molar-refractivity contribution in [1.82, 2.24) is 5.32 Å². The molecule has 5 aliphatic heterocycles. The van der Waals surface area contributed by atoms with Gasteiger partial charge in [0.1, 0.15) is 110 Å². The summed E-state index contributed by atoms with van der Waals surface area (Å²) in [5.41, 5.74) is 0. The fourth-order valence-electron chi connectivity index (χ4n) is 7.11. The van der Waals surface area contributed by atoms with Gasteiger partial charge in [-0.2, -0.15) is 0 Å². The lowest BCUT2D eigenvalue weighted by Crippen LogP contribution is -2.68. The van der Waals surface area contributed by atoms with Crippen LogP contribution in [0.25, 0.3) is 0 Å². The third-order valence-electron chi connectivity index (χ3n) is 10.6. The highest BCUT2D eigenvalue weighted by molar-refractivity contribution is 5.73. The number of nitrogens with one attached hydrogen (secondary N) is 1. The molecule has 25 heteroatoms. The van der Waals surface area contributed by atoms with E-state index in [4.69, 9.17) is 42.6 Å². The van der Waals surface area contributed by atoms with E-state index in [0.29, 0.717) is 0 Å². The highest BCUT2D eigenvalue weighted by atomic mass is 16.8. The third kappa shape index (κ3) is 10.0. The Morgan fingerprint density at radius 1 is 0.491 bits per heavy atom. The van der Waals surface area contributed by atoms with Crippen molar-refractivity contribution < 1.29 is 119 Å². The fraction of sp³-hybridized carbons (Fsp3) is 0.969. The summed E-state index contributed by atoms with van der Waals surface area (Å²) < 4.78 is 50.6. The van der Waals surface area contributed by atoms with Crippen LogP contribution in [0.2, 0.25) is 0 Å². The van der Waals surface area contributed by atoms with Crippen LogP contribution in [0.3, 0.4) is 0 Å². The molecule has 15 N–H and O–H groups in total. The maximum absolute atomic E-state index is 12.1. The number of aliphatic hydroxyl groups is 14. The van der Waals surface area contributed by atoms with Crippen molar-refractivity contribution in [2.24, 2.45) is 0 Å². The molecule has 0 aromatic rings. The van der Waals surface area contributed by atoms with Gasteiger partial charge in [0.15, 0.2) is 31.5 Å². The topological polar surface area (TPSA) is 395 Å². The smallest absolute Gasteiger partial charge is 0.217 e. The zero-order valence-electron chi connectivity index (χ0n) is 30.9. The van der Waals surface area contributed by atoms with Gasteiger partial charge in [0.2, 0.25) is 5.91 Å². The normalized spacial score (nSPS) is 52.3. The molecule has 0 aromatic heterocycles. The van der Waals surface area contributed by atoms with Gasteiger partial charge in [0, 0.05) is 6.92 Å². The summed E-state index contributed by atoms with van der Waals surface area (Å²) in [6.45, 7) is 1.53. The van der Waals surface area contributed by atoms with Crippen molar-refractivity contribution in [2.45, 2.75) is 174 Å². The molecule has 5 saturated heterocycles. The number of rotatable bonds is 12. The molecule has 25 atom stereocenters. The zero-order chi connectivity index (χ0) is 42.2. The second kappa shape index (κ2) is 19.5. The molecular weight excluding hydrogens is 782 g/mol. The Labute approximate surface area is 324 Å². The minimum Gasteiger partial charge on any atom is -0.394 e. The van der Waals surface area contributed by atoms with E-state index in [2.05, 4.69) is 5.32 Å². The van der Waals surface area contributed by atoms with Crippen LogP contribution >= 0.6 is 0 Å². The lowest BCUT2D eigenvalue weighted by Gasteiger charge is -2.49. The van der Waals surface area contributed by atoms with Crippen LogP contribution in [0, 0.1) is 0 Å². The number of ether oxygens (including phenoxy) is 9. The van der Waals surface area contributed by atoms with Crippen molar-refractivity contribution in [1.29, 1.82) is 0 Å². The highest BCUT2D eigenvalue weighted by Crippen LogP contribution is 2.34. The first-order chi connectivity index (χ1) is 26.8. The molecular formula is C32H55NO24. The molecule has 0 aromatic carbocycles. The Morgan fingerprint density at radius 2 is 1.00 bits per heavy atom. The summed E-state index contributed by atoms with van der Waals surface area (Å²) in [5, 5.41) is 150.